The van der Waals surface area contributed by atoms with Crippen LogP contribution in [0.5, 0.6) is 5.75 Å². The number of aryl methyl sites for hydroxylation is 1. The van der Waals surface area contributed by atoms with Gasteiger partial charge in [-0.15, -0.1) is 11.3 Å². The first-order valence-electron chi connectivity index (χ1n) is 8.60. The number of nitrogens with one attached hydrogen (secondary N) is 1. The zero-order valence-electron chi connectivity index (χ0n) is 15.9. The van der Waals surface area contributed by atoms with E-state index in [1.807, 2.05) is 24.3 Å². The average molecular weight is 399 g/mol. The first-order chi connectivity index (χ1) is 13.3. The number of rotatable bonds is 6. The van der Waals surface area contributed by atoms with Crippen molar-refractivity contribution < 1.29 is 9.53 Å². The topological polar surface area (TPSA) is 82.3 Å². The predicted molar refractivity (Wildman–Crippen MR) is 110 cm³/mol. The molecule has 0 radical (unpaired) electrons. The molecule has 0 fully saturated rings. The minimum Gasteiger partial charge on any atom is -0.497 e. The second-order valence-electron chi connectivity index (χ2n) is 6.55. The fourth-order valence-corrected chi connectivity index (χ4v) is 3.88. The quantitative estimate of drug-likeness (QED) is 0.645. The van der Waals surface area contributed by atoms with Crippen molar-refractivity contribution in [2.24, 2.45) is 7.05 Å². The Morgan fingerprint density at radius 3 is 2.71 bits per heavy atom. The van der Waals surface area contributed by atoms with Crippen molar-refractivity contribution >= 4 is 27.5 Å². The maximum absolute atomic E-state index is 12.7. The van der Waals surface area contributed by atoms with E-state index in [4.69, 9.17) is 4.74 Å². The summed E-state index contributed by atoms with van der Waals surface area (Å²) in [7, 11) is 3.17. The third-order valence-corrected chi connectivity index (χ3v) is 5.46. The van der Waals surface area contributed by atoms with Crippen LogP contribution in [-0.2, 0) is 20.1 Å². The van der Waals surface area contributed by atoms with Crippen molar-refractivity contribution in [2.75, 3.05) is 7.11 Å². The number of carbonyl (C=O) groups is 1. The number of aromatic nitrogens is 2. The molecule has 8 heteroatoms. The lowest BCUT2D eigenvalue weighted by Gasteiger charge is -2.07. The molecule has 7 nitrogen and oxygen atoms in total. The number of hydrogen-bond donors (Lipinski definition) is 1. The van der Waals surface area contributed by atoms with Gasteiger partial charge in [-0.2, -0.15) is 0 Å². The normalized spacial score (nSPS) is 10.8. The molecule has 0 aliphatic carbocycles. The smallest absolute Gasteiger partial charge is 0.332 e. The molecule has 2 aromatic heterocycles. The van der Waals surface area contributed by atoms with Crippen LogP contribution in [0.15, 0.2) is 52.1 Å². The van der Waals surface area contributed by atoms with E-state index >= 15 is 0 Å². The molecule has 1 N–H and O–H groups in total. The van der Waals surface area contributed by atoms with Gasteiger partial charge in [0.2, 0.25) is 0 Å². The van der Waals surface area contributed by atoms with Gasteiger partial charge in [0.1, 0.15) is 10.6 Å². The Kier molecular flexibility index (Phi) is 5.51. The van der Waals surface area contributed by atoms with Crippen molar-refractivity contribution in [3.8, 4) is 5.75 Å². The van der Waals surface area contributed by atoms with Gasteiger partial charge in [-0.25, -0.2) is 4.79 Å². The minimum atomic E-state index is -0.425. The van der Waals surface area contributed by atoms with Gasteiger partial charge in [-0.05, 0) is 30.7 Å². The SMILES string of the molecule is C=C(C)Cn1c(=O)c2cc(C(=O)NCc3cccc(OC)c3)sc2n(C)c1=O. The van der Waals surface area contributed by atoms with Crippen LogP contribution in [0.1, 0.15) is 22.2 Å². The molecule has 3 rings (SSSR count). The Balaban J connectivity index is 1.91. The van der Waals surface area contributed by atoms with E-state index in [1.165, 1.54) is 10.6 Å². The highest BCUT2D eigenvalue weighted by Gasteiger charge is 2.17. The highest BCUT2D eigenvalue weighted by molar-refractivity contribution is 7.20. The van der Waals surface area contributed by atoms with Crippen molar-refractivity contribution in [2.45, 2.75) is 20.0 Å². The van der Waals surface area contributed by atoms with Gasteiger partial charge in [0.15, 0.2) is 0 Å². The number of nitrogens with zero attached hydrogens (tertiary/aromatic N) is 2. The molecule has 0 aliphatic rings. The zero-order chi connectivity index (χ0) is 20.4. The first kappa shape index (κ1) is 19.6. The molecule has 2 heterocycles. The fraction of sp³-hybridized carbons (Fsp3) is 0.250. The van der Waals surface area contributed by atoms with Crippen molar-refractivity contribution in [3.63, 3.8) is 0 Å². The summed E-state index contributed by atoms with van der Waals surface area (Å²) < 4.78 is 7.70. The van der Waals surface area contributed by atoms with Crippen LogP contribution < -0.4 is 21.3 Å². The lowest BCUT2D eigenvalue weighted by molar-refractivity contribution is 0.0955. The number of amides is 1. The van der Waals surface area contributed by atoms with E-state index in [-0.39, 0.29) is 12.5 Å². The Morgan fingerprint density at radius 1 is 1.29 bits per heavy atom. The van der Waals surface area contributed by atoms with Gasteiger partial charge in [-0.3, -0.25) is 18.7 Å². The fourth-order valence-electron chi connectivity index (χ4n) is 2.86. The third kappa shape index (κ3) is 3.77. The van der Waals surface area contributed by atoms with E-state index in [9.17, 15) is 14.4 Å². The second kappa shape index (κ2) is 7.85. The predicted octanol–water partition coefficient (Wildman–Crippen LogP) is 2.28. The minimum absolute atomic E-state index is 0.147. The molecule has 0 saturated carbocycles. The first-order valence-corrected chi connectivity index (χ1v) is 9.42. The van der Waals surface area contributed by atoms with Crippen LogP contribution in [0.2, 0.25) is 0 Å². The van der Waals surface area contributed by atoms with E-state index < -0.39 is 11.2 Å². The van der Waals surface area contributed by atoms with Crippen LogP contribution in [-0.4, -0.2) is 22.2 Å². The third-order valence-electron chi connectivity index (χ3n) is 4.25. The van der Waals surface area contributed by atoms with Crippen LogP contribution in [0.25, 0.3) is 10.2 Å². The number of ether oxygens (including phenoxy) is 1. The molecule has 0 aliphatic heterocycles. The average Bonchev–Trinajstić information content (AvgIpc) is 3.13. The van der Waals surface area contributed by atoms with Crippen LogP contribution in [0.3, 0.4) is 0 Å². The van der Waals surface area contributed by atoms with E-state index in [2.05, 4.69) is 11.9 Å². The summed E-state index contributed by atoms with van der Waals surface area (Å²) in [6.07, 6.45) is 0. The van der Waals surface area contributed by atoms with Crippen LogP contribution in [0, 0.1) is 0 Å². The van der Waals surface area contributed by atoms with Gasteiger partial charge < -0.3 is 10.1 Å². The standard InChI is InChI=1S/C20H21N3O4S/c1-12(2)11-23-18(25)15-9-16(28-19(15)22(3)20(23)26)17(24)21-10-13-6-5-7-14(8-13)27-4/h5-9H,1,10-11H2,2-4H3,(H,21,24). The Bertz CT molecular complexity index is 1190. The van der Waals surface area contributed by atoms with E-state index in [0.717, 1.165) is 21.5 Å². The summed E-state index contributed by atoms with van der Waals surface area (Å²) in [5, 5.41) is 3.18. The lowest BCUT2D eigenvalue weighted by atomic mass is 10.2. The Hall–Kier alpha value is -3.13. The van der Waals surface area contributed by atoms with Crippen molar-refractivity contribution in [1.29, 1.82) is 0 Å². The molecule has 0 saturated heterocycles. The molecule has 146 valence electrons. The highest BCUT2D eigenvalue weighted by Crippen LogP contribution is 2.22. The van der Waals surface area contributed by atoms with Gasteiger partial charge in [-0.1, -0.05) is 24.3 Å². The number of benzene rings is 1. The molecular formula is C20H21N3O4S. The van der Waals surface area contributed by atoms with Crippen LogP contribution in [0.4, 0.5) is 0 Å². The van der Waals surface area contributed by atoms with Gasteiger partial charge >= 0.3 is 5.69 Å². The van der Waals surface area contributed by atoms with E-state index in [1.54, 1.807) is 21.1 Å². The monoisotopic (exact) mass is 399 g/mol. The molecular weight excluding hydrogens is 378 g/mol. The molecule has 0 atom stereocenters. The maximum Gasteiger partial charge on any atom is 0.332 e. The molecule has 0 unspecified atom stereocenters. The number of allylic oxidation sites excluding steroid dienone is 1. The maximum atomic E-state index is 12.7. The van der Waals surface area contributed by atoms with Crippen LogP contribution >= 0.6 is 11.3 Å². The summed E-state index contributed by atoms with van der Waals surface area (Å²) >= 11 is 1.12. The zero-order valence-corrected chi connectivity index (χ0v) is 16.8. The molecule has 1 amide bonds. The summed E-state index contributed by atoms with van der Waals surface area (Å²) in [6, 6.07) is 8.93. The van der Waals surface area contributed by atoms with Gasteiger partial charge in [0.05, 0.1) is 23.9 Å². The number of fused-ring (bicyclic) bond motifs is 1. The molecule has 28 heavy (non-hydrogen) atoms. The van der Waals surface area contributed by atoms with Crippen molar-refractivity contribution in [3.05, 3.63) is 73.8 Å². The number of methoxy groups -OCH3 is 1. The second-order valence-corrected chi connectivity index (χ2v) is 7.58. The van der Waals surface area contributed by atoms with Gasteiger partial charge in [0, 0.05) is 13.6 Å². The van der Waals surface area contributed by atoms with Gasteiger partial charge in [0.25, 0.3) is 11.5 Å². The molecule has 0 spiro atoms. The Morgan fingerprint density at radius 2 is 2.04 bits per heavy atom. The number of carbonyl (C=O) groups excluding carboxylic acids is 1. The number of thiophene rings is 1. The van der Waals surface area contributed by atoms with Crippen molar-refractivity contribution in [1.82, 2.24) is 14.5 Å². The number of hydrogen-bond acceptors (Lipinski definition) is 5. The molecule has 3 aromatic rings. The summed E-state index contributed by atoms with van der Waals surface area (Å²) in [5.74, 6) is 0.406. The molecule has 1 aromatic carbocycles. The summed E-state index contributed by atoms with van der Waals surface area (Å²) in [6.45, 7) is 5.98. The molecule has 0 bridgehead atoms. The Labute approximate surface area is 165 Å². The summed E-state index contributed by atoms with van der Waals surface area (Å²) in [4.78, 5) is 38.6. The van der Waals surface area contributed by atoms with E-state index in [0.29, 0.717) is 33.0 Å². The lowest BCUT2D eigenvalue weighted by Crippen LogP contribution is -2.38. The largest absolute Gasteiger partial charge is 0.497 e. The highest BCUT2D eigenvalue weighted by atomic mass is 32.1. The summed E-state index contributed by atoms with van der Waals surface area (Å²) in [5.41, 5.74) is 0.755.